The van der Waals surface area contributed by atoms with Gasteiger partial charge in [0.2, 0.25) is 0 Å². The summed E-state index contributed by atoms with van der Waals surface area (Å²) in [6.45, 7) is 5.26. The van der Waals surface area contributed by atoms with Gasteiger partial charge in [-0.3, -0.25) is 4.79 Å². The number of ether oxygens (including phenoxy) is 2. The lowest BCUT2D eigenvalue weighted by Crippen LogP contribution is -2.14. The van der Waals surface area contributed by atoms with Crippen LogP contribution in [0, 0.1) is 5.82 Å². The van der Waals surface area contributed by atoms with Crippen LogP contribution >= 0.6 is 0 Å². The quantitative estimate of drug-likeness (QED) is 0.624. The Bertz CT molecular complexity index is 513. The molecule has 1 amide bonds. The zero-order valence-corrected chi connectivity index (χ0v) is 10.4. The number of nitrogens with two attached hydrogens (primary N) is 1. The highest BCUT2D eigenvalue weighted by atomic mass is 19.1. The van der Waals surface area contributed by atoms with Gasteiger partial charge in [0.25, 0.3) is 5.91 Å². The van der Waals surface area contributed by atoms with Gasteiger partial charge in [-0.05, 0) is 19.1 Å². The molecule has 1 rings (SSSR count). The molecule has 1 aromatic carbocycles. The molecule has 0 radical (unpaired) electrons. The minimum Gasteiger partial charge on any atom is -0.489 e. The van der Waals surface area contributed by atoms with Crippen molar-refractivity contribution in [3.63, 3.8) is 0 Å². The first-order valence-electron chi connectivity index (χ1n) is 5.52. The second-order valence-electron chi connectivity index (χ2n) is 3.62. The van der Waals surface area contributed by atoms with Crippen LogP contribution in [-0.2, 0) is 9.53 Å². The van der Waals surface area contributed by atoms with E-state index in [9.17, 15) is 14.0 Å². The fourth-order valence-corrected chi connectivity index (χ4v) is 1.25. The monoisotopic (exact) mass is 267 g/mol. The summed E-state index contributed by atoms with van der Waals surface area (Å²) in [5.41, 5.74) is 4.85. The second kappa shape index (κ2) is 6.53. The van der Waals surface area contributed by atoms with Crippen molar-refractivity contribution in [2.75, 3.05) is 13.2 Å². The summed E-state index contributed by atoms with van der Waals surface area (Å²) in [6.07, 6.45) is 0. The Balaban J connectivity index is 2.64. The molecule has 0 aliphatic carbocycles. The van der Waals surface area contributed by atoms with E-state index in [1.807, 2.05) is 0 Å². The molecule has 0 heterocycles. The van der Waals surface area contributed by atoms with E-state index in [-0.39, 0.29) is 30.1 Å². The Hall–Kier alpha value is -2.37. The Morgan fingerprint density at radius 2 is 2.11 bits per heavy atom. The number of hydrogen-bond donors (Lipinski definition) is 1. The summed E-state index contributed by atoms with van der Waals surface area (Å²) in [6, 6.07) is 3.60. The molecular weight excluding hydrogens is 253 g/mol. The topological polar surface area (TPSA) is 78.6 Å². The van der Waals surface area contributed by atoms with E-state index in [0.717, 1.165) is 6.07 Å². The lowest BCUT2D eigenvalue weighted by Gasteiger charge is -2.08. The first-order chi connectivity index (χ1) is 8.95. The standard InChI is InChI=1S/C13H14FNO4/c1-3-18-13(17)8(2)7-19-9-4-5-10(12(15)16)11(14)6-9/h4-6H,2-3,7H2,1H3,(H2,15,16). The van der Waals surface area contributed by atoms with Crippen LogP contribution in [0.1, 0.15) is 17.3 Å². The number of esters is 1. The number of benzene rings is 1. The van der Waals surface area contributed by atoms with Crippen LogP contribution in [0.15, 0.2) is 30.4 Å². The van der Waals surface area contributed by atoms with Gasteiger partial charge in [-0.2, -0.15) is 0 Å². The van der Waals surface area contributed by atoms with Crippen LogP contribution in [0.3, 0.4) is 0 Å². The molecule has 0 aliphatic heterocycles. The van der Waals surface area contributed by atoms with Gasteiger partial charge in [0.05, 0.1) is 17.7 Å². The van der Waals surface area contributed by atoms with Crippen LogP contribution in [0.2, 0.25) is 0 Å². The van der Waals surface area contributed by atoms with Crippen LogP contribution in [0.25, 0.3) is 0 Å². The van der Waals surface area contributed by atoms with Crippen molar-refractivity contribution in [2.24, 2.45) is 5.73 Å². The third-order valence-electron chi connectivity index (χ3n) is 2.18. The molecule has 0 unspecified atom stereocenters. The summed E-state index contributed by atoms with van der Waals surface area (Å²) < 4.78 is 23.3. The number of carbonyl (C=O) groups is 2. The van der Waals surface area contributed by atoms with E-state index >= 15 is 0 Å². The SMILES string of the molecule is C=C(COc1ccc(C(N)=O)c(F)c1)C(=O)OCC. The smallest absolute Gasteiger partial charge is 0.336 e. The van der Waals surface area contributed by atoms with Gasteiger partial charge in [0.15, 0.2) is 0 Å². The summed E-state index contributed by atoms with van der Waals surface area (Å²) in [5.74, 6) is -2.06. The summed E-state index contributed by atoms with van der Waals surface area (Å²) in [7, 11) is 0. The lowest BCUT2D eigenvalue weighted by atomic mass is 10.2. The summed E-state index contributed by atoms with van der Waals surface area (Å²) >= 11 is 0. The molecule has 5 nitrogen and oxygen atoms in total. The molecule has 0 saturated heterocycles. The first-order valence-corrected chi connectivity index (χ1v) is 5.52. The molecule has 0 aromatic heterocycles. The van der Waals surface area contributed by atoms with Crippen LogP contribution in [-0.4, -0.2) is 25.1 Å². The molecule has 102 valence electrons. The Labute approximate surface area is 109 Å². The predicted octanol–water partition coefficient (Wildman–Crippen LogP) is 1.42. The first kappa shape index (κ1) is 14.7. The average molecular weight is 267 g/mol. The van der Waals surface area contributed by atoms with E-state index in [1.54, 1.807) is 6.92 Å². The number of rotatable bonds is 6. The number of hydrogen-bond acceptors (Lipinski definition) is 4. The van der Waals surface area contributed by atoms with Gasteiger partial charge in [-0.25, -0.2) is 9.18 Å². The maximum atomic E-state index is 13.4. The minimum absolute atomic E-state index is 0.112. The third kappa shape index (κ3) is 4.09. The highest BCUT2D eigenvalue weighted by molar-refractivity contribution is 5.93. The number of carbonyl (C=O) groups excluding carboxylic acids is 2. The largest absolute Gasteiger partial charge is 0.489 e. The molecule has 0 atom stereocenters. The highest BCUT2D eigenvalue weighted by Gasteiger charge is 2.11. The van der Waals surface area contributed by atoms with Crippen molar-refractivity contribution >= 4 is 11.9 Å². The normalized spacial score (nSPS) is 9.79. The fraction of sp³-hybridized carbons (Fsp3) is 0.231. The van der Waals surface area contributed by atoms with Crippen LogP contribution in [0.4, 0.5) is 4.39 Å². The Kier molecular flexibility index (Phi) is 5.05. The predicted molar refractivity (Wildman–Crippen MR) is 66.2 cm³/mol. The van der Waals surface area contributed by atoms with E-state index in [1.165, 1.54) is 12.1 Å². The molecule has 6 heteroatoms. The molecule has 0 spiro atoms. The molecule has 0 aliphatic rings. The van der Waals surface area contributed by atoms with E-state index in [2.05, 4.69) is 6.58 Å². The van der Waals surface area contributed by atoms with Crippen molar-refractivity contribution in [1.29, 1.82) is 0 Å². The van der Waals surface area contributed by atoms with Gasteiger partial charge in [-0.15, -0.1) is 0 Å². The van der Waals surface area contributed by atoms with E-state index < -0.39 is 17.7 Å². The van der Waals surface area contributed by atoms with E-state index in [4.69, 9.17) is 15.2 Å². The molecular formula is C13H14FNO4. The van der Waals surface area contributed by atoms with Crippen molar-refractivity contribution in [1.82, 2.24) is 0 Å². The number of primary amides is 1. The molecule has 0 saturated carbocycles. The molecule has 19 heavy (non-hydrogen) atoms. The zero-order chi connectivity index (χ0) is 14.4. The summed E-state index contributed by atoms with van der Waals surface area (Å²) in [5, 5.41) is 0. The summed E-state index contributed by atoms with van der Waals surface area (Å²) in [4.78, 5) is 22.1. The third-order valence-corrected chi connectivity index (χ3v) is 2.18. The second-order valence-corrected chi connectivity index (χ2v) is 3.62. The number of amides is 1. The van der Waals surface area contributed by atoms with Gasteiger partial charge in [0, 0.05) is 6.07 Å². The molecule has 2 N–H and O–H groups in total. The van der Waals surface area contributed by atoms with Crippen LogP contribution < -0.4 is 10.5 Å². The Morgan fingerprint density at radius 3 is 2.63 bits per heavy atom. The van der Waals surface area contributed by atoms with Crippen molar-refractivity contribution in [2.45, 2.75) is 6.92 Å². The minimum atomic E-state index is -0.861. The van der Waals surface area contributed by atoms with Crippen LogP contribution in [0.5, 0.6) is 5.75 Å². The zero-order valence-electron chi connectivity index (χ0n) is 10.4. The van der Waals surface area contributed by atoms with E-state index in [0.29, 0.717) is 0 Å². The molecule has 1 aromatic rings. The van der Waals surface area contributed by atoms with Gasteiger partial charge in [-0.1, -0.05) is 6.58 Å². The van der Waals surface area contributed by atoms with Crippen molar-refractivity contribution < 1.29 is 23.5 Å². The van der Waals surface area contributed by atoms with Crippen molar-refractivity contribution in [3.05, 3.63) is 41.7 Å². The fourth-order valence-electron chi connectivity index (χ4n) is 1.25. The maximum Gasteiger partial charge on any atom is 0.336 e. The van der Waals surface area contributed by atoms with Gasteiger partial charge in [0.1, 0.15) is 18.2 Å². The average Bonchev–Trinajstić information content (AvgIpc) is 2.35. The number of halogens is 1. The molecule has 0 bridgehead atoms. The maximum absolute atomic E-state index is 13.4. The highest BCUT2D eigenvalue weighted by Crippen LogP contribution is 2.17. The Morgan fingerprint density at radius 1 is 1.42 bits per heavy atom. The van der Waals surface area contributed by atoms with Crippen molar-refractivity contribution in [3.8, 4) is 5.75 Å². The molecule has 0 fully saturated rings. The van der Waals surface area contributed by atoms with Gasteiger partial charge < -0.3 is 15.2 Å². The lowest BCUT2D eigenvalue weighted by molar-refractivity contribution is -0.138. The van der Waals surface area contributed by atoms with Gasteiger partial charge >= 0.3 is 5.97 Å².